The van der Waals surface area contributed by atoms with Crippen molar-refractivity contribution < 1.29 is 12.8 Å². The van der Waals surface area contributed by atoms with Gasteiger partial charge in [-0.15, -0.1) is 24.0 Å². The van der Waals surface area contributed by atoms with Gasteiger partial charge in [0.15, 0.2) is 5.96 Å². The number of anilines is 1. The number of hydrogen-bond acceptors (Lipinski definition) is 3. The first kappa shape index (κ1) is 24.4. The van der Waals surface area contributed by atoms with Gasteiger partial charge in [0.05, 0.1) is 11.4 Å². The lowest BCUT2D eigenvalue weighted by Crippen LogP contribution is -2.42. The molecule has 2 aromatic carbocycles. The average Bonchev–Trinajstić information content (AvgIpc) is 3.13. The van der Waals surface area contributed by atoms with Gasteiger partial charge < -0.3 is 10.6 Å². The number of fused-ring (bicyclic) bond motifs is 1. The van der Waals surface area contributed by atoms with E-state index in [9.17, 15) is 12.8 Å². The first-order valence-electron chi connectivity index (χ1n) is 9.68. The molecule has 1 aliphatic heterocycles. The molecule has 164 valence electrons. The van der Waals surface area contributed by atoms with E-state index in [1.165, 1.54) is 16.4 Å². The largest absolute Gasteiger partial charge is 0.356 e. The van der Waals surface area contributed by atoms with Gasteiger partial charge in [0.2, 0.25) is 10.0 Å². The molecule has 0 bridgehead atoms. The van der Waals surface area contributed by atoms with E-state index in [1.807, 2.05) is 31.2 Å². The Morgan fingerprint density at radius 2 is 1.90 bits per heavy atom. The van der Waals surface area contributed by atoms with Crippen molar-refractivity contribution in [1.82, 2.24) is 10.6 Å². The van der Waals surface area contributed by atoms with Crippen LogP contribution in [0, 0.1) is 12.7 Å². The minimum Gasteiger partial charge on any atom is -0.356 e. The second-order valence-electron chi connectivity index (χ2n) is 7.01. The van der Waals surface area contributed by atoms with Crippen LogP contribution in [0.15, 0.2) is 47.5 Å². The van der Waals surface area contributed by atoms with Crippen molar-refractivity contribution >= 4 is 45.6 Å². The number of halogens is 2. The van der Waals surface area contributed by atoms with Crippen LogP contribution in [-0.2, 0) is 22.9 Å². The lowest BCUT2D eigenvalue weighted by molar-refractivity contribution is 0.590. The minimum absolute atomic E-state index is 0. The number of nitrogens with zero attached hydrogens (tertiary/aromatic N) is 2. The van der Waals surface area contributed by atoms with E-state index in [0.717, 1.165) is 35.2 Å². The van der Waals surface area contributed by atoms with Crippen LogP contribution in [0.2, 0.25) is 0 Å². The molecule has 1 heterocycles. The van der Waals surface area contributed by atoms with E-state index < -0.39 is 10.0 Å². The molecule has 0 unspecified atom stereocenters. The van der Waals surface area contributed by atoms with Gasteiger partial charge in [-0.25, -0.2) is 12.8 Å². The molecule has 3 rings (SSSR count). The third-order valence-corrected chi connectivity index (χ3v) is 6.82. The molecule has 0 aromatic heterocycles. The summed E-state index contributed by atoms with van der Waals surface area (Å²) in [6.45, 7) is 3.24. The van der Waals surface area contributed by atoms with Crippen molar-refractivity contribution in [1.29, 1.82) is 0 Å². The van der Waals surface area contributed by atoms with E-state index in [0.29, 0.717) is 19.0 Å². The Morgan fingerprint density at radius 3 is 2.63 bits per heavy atom. The van der Waals surface area contributed by atoms with Crippen LogP contribution in [0.3, 0.4) is 0 Å². The van der Waals surface area contributed by atoms with Crippen molar-refractivity contribution in [3.8, 4) is 0 Å². The van der Waals surface area contributed by atoms with Crippen LogP contribution >= 0.6 is 24.0 Å². The summed E-state index contributed by atoms with van der Waals surface area (Å²) in [5.41, 5.74) is 3.82. The average molecular weight is 546 g/mol. The van der Waals surface area contributed by atoms with Crippen LogP contribution in [0.25, 0.3) is 0 Å². The maximum absolute atomic E-state index is 13.2. The van der Waals surface area contributed by atoms with Gasteiger partial charge in [0, 0.05) is 26.7 Å². The molecule has 0 amide bonds. The lowest BCUT2D eigenvalue weighted by Gasteiger charge is -2.20. The minimum atomic E-state index is -3.40. The fourth-order valence-electron chi connectivity index (χ4n) is 3.48. The van der Waals surface area contributed by atoms with Gasteiger partial charge in [-0.2, -0.15) is 0 Å². The summed E-state index contributed by atoms with van der Waals surface area (Å²) in [7, 11) is -1.76. The van der Waals surface area contributed by atoms with Crippen molar-refractivity contribution in [3.63, 3.8) is 0 Å². The molecule has 2 aromatic rings. The molecule has 0 spiro atoms. The molecule has 0 radical (unpaired) electrons. The predicted octanol–water partition coefficient (Wildman–Crippen LogP) is 2.85. The summed E-state index contributed by atoms with van der Waals surface area (Å²) >= 11 is 0. The van der Waals surface area contributed by atoms with E-state index >= 15 is 0 Å². The number of rotatable bonds is 7. The zero-order chi connectivity index (χ0) is 20.9. The smallest absolute Gasteiger partial charge is 0.236 e. The summed E-state index contributed by atoms with van der Waals surface area (Å²) in [6.07, 6.45) is 1.46. The number of aliphatic imine (C=N–C) groups is 1. The van der Waals surface area contributed by atoms with E-state index in [1.54, 1.807) is 13.1 Å². The number of aryl methyl sites for hydroxylation is 1. The normalized spacial score (nSPS) is 13.6. The van der Waals surface area contributed by atoms with Gasteiger partial charge in [-0.1, -0.05) is 24.3 Å². The van der Waals surface area contributed by atoms with Crippen molar-refractivity contribution in [2.75, 3.05) is 36.7 Å². The third-order valence-electron chi connectivity index (χ3n) is 5.05. The molecule has 9 heteroatoms. The molecular weight excluding hydrogens is 518 g/mol. The number of nitrogens with one attached hydrogen (secondary N) is 2. The first-order valence-corrected chi connectivity index (χ1v) is 11.3. The van der Waals surface area contributed by atoms with Gasteiger partial charge in [0.1, 0.15) is 5.82 Å². The van der Waals surface area contributed by atoms with E-state index in [4.69, 9.17) is 0 Å². The molecule has 30 heavy (non-hydrogen) atoms. The van der Waals surface area contributed by atoms with Gasteiger partial charge in [-0.05, 0) is 54.7 Å². The van der Waals surface area contributed by atoms with Crippen LogP contribution < -0.4 is 14.9 Å². The highest BCUT2D eigenvalue weighted by molar-refractivity contribution is 14.0. The Kier molecular flexibility index (Phi) is 8.90. The van der Waals surface area contributed by atoms with Crippen LogP contribution in [0.4, 0.5) is 10.1 Å². The fourth-order valence-corrected chi connectivity index (χ4v) is 4.91. The predicted molar refractivity (Wildman–Crippen MR) is 131 cm³/mol. The molecule has 0 saturated carbocycles. The molecule has 0 saturated heterocycles. The number of guanidine groups is 1. The molecule has 0 aliphatic carbocycles. The maximum Gasteiger partial charge on any atom is 0.236 e. The van der Waals surface area contributed by atoms with Crippen LogP contribution in [0.5, 0.6) is 0 Å². The molecule has 6 nitrogen and oxygen atoms in total. The molecule has 1 aliphatic rings. The maximum atomic E-state index is 13.2. The van der Waals surface area contributed by atoms with E-state index in [2.05, 4.69) is 15.6 Å². The number of hydrogen-bond donors (Lipinski definition) is 2. The second kappa shape index (κ2) is 10.9. The van der Waals surface area contributed by atoms with Crippen molar-refractivity contribution in [2.45, 2.75) is 19.8 Å². The Labute approximate surface area is 195 Å². The molecule has 2 N–H and O–H groups in total. The fraction of sp³-hybridized carbons (Fsp3) is 0.381. The SMILES string of the molecule is CN=C(NCCc1ccc(F)cc1C)NCCS(=O)(=O)N1CCc2ccccc21.I. The Balaban J connectivity index is 0.00000320. The van der Waals surface area contributed by atoms with Gasteiger partial charge in [0.25, 0.3) is 0 Å². The van der Waals surface area contributed by atoms with Gasteiger partial charge in [-0.3, -0.25) is 9.30 Å². The van der Waals surface area contributed by atoms with Crippen LogP contribution in [-0.4, -0.2) is 46.8 Å². The topological polar surface area (TPSA) is 73.8 Å². The Hall–Kier alpha value is -1.88. The number of para-hydroxylation sites is 1. The third kappa shape index (κ3) is 6.07. The molecule has 0 atom stereocenters. The Morgan fingerprint density at radius 1 is 1.17 bits per heavy atom. The highest BCUT2D eigenvalue weighted by Crippen LogP contribution is 2.29. The summed E-state index contributed by atoms with van der Waals surface area (Å²) in [6, 6.07) is 12.4. The summed E-state index contributed by atoms with van der Waals surface area (Å²) < 4.78 is 40.1. The first-order chi connectivity index (χ1) is 13.9. The van der Waals surface area contributed by atoms with E-state index in [-0.39, 0.29) is 42.1 Å². The summed E-state index contributed by atoms with van der Waals surface area (Å²) in [5, 5.41) is 6.22. The monoisotopic (exact) mass is 546 g/mol. The van der Waals surface area contributed by atoms with Crippen molar-refractivity contribution in [2.24, 2.45) is 4.99 Å². The van der Waals surface area contributed by atoms with Crippen molar-refractivity contribution in [3.05, 3.63) is 65.0 Å². The molecule has 0 fully saturated rings. The lowest BCUT2D eigenvalue weighted by atomic mass is 10.1. The number of benzene rings is 2. The van der Waals surface area contributed by atoms with Gasteiger partial charge >= 0.3 is 0 Å². The highest BCUT2D eigenvalue weighted by atomic mass is 127. The zero-order valence-electron chi connectivity index (χ0n) is 17.2. The standard InChI is InChI=1S/C21H27FN4O2S.HI/c1-16-15-19(22)8-7-17(16)9-11-24-21(23-2)25-12-14-29(27,28)26-13-10-18-5-3-4-6-20(18)26;/h3-8,15H,9-14H2,1-2H3,(H2,23,24,25);1H. The second-order valence-corrected chi connectivity index (χ2v) is 9.03. The number of sulfonamides is 1. The summed E-state index contributed by atoms with van der Waals surface area (Å²) in [5.74, 6) is 0.291. The summed E-state index contributed by atoms with van der Waals surface area (Å²) in [4.78, 5) is 4.13. The zero-order valence-corrected chi connectivity index (χ0v) is 20.3. The van der Waals surface area contributed by atoms with Crippen LogP contribution in [0.1, 0.15) is 16.7 Å². The Bertz CT molecular complexity index is 998. The highest BCUT2D eigenvalue weighted by Gasteiger charge is 2.28. The molecular formula is C21H28FIN4O2S. The quantitative estimate of drug-likeness (QED) is 0.319.